The zero-order valence-electron chi connectivity index (χ0n) is 15.0. The Morgan fingerprint density at radius 2 is 1.55 bits per heavy atom. The summed E-state index contributed by atoms with van der Waals surface area (Å²) in [4.78, 5) is 14.9. The van der Waals surface area contributed by atoms with Crippen LogP contribution in [0.15, 0.2) is 74.8 Å². The fraction of sp³-hybridized carbons (Fsp3) is 0.0625. The SMILES string of the molecule is CS(=O)(=O)c1ccc(S(=O)(=O)N(N)c2ccc(/C=C/C(=O)N=NON)cc2)cc1. The van der Waals surface area contributed by atoms with E-state index in [-0.39, 0.29) is 15.5 Å². The maximum Gasteiger partial charge on any atom is 0.291 e. The van der Waals surface area contributed by atoms with E-state index in [4.69, 9.17) is 5.84 Å². The zero-order chi connectivity index (χ0) is 21.7. The molecule has 0 bridgehead atoms. The van der Waals surface area contributed by atoms with Gasteiger partial charge in [0.25, 0.3) is 15.9 Å². The molecule has 0 saturated carbocycles. The number of nitrogens with two attached hydrogens (primary N) is 2. The average molecular weight is 439 g/mol. The molecule has 2 rings (SSSR count). The minimum Gasteiger partial charge on any atom is -0.282 e. The van der Waals surface area contributed by atoms with E-state index in [1.165, 1.54) is 42.5 Å². The van der Waals surface area contributed by atoms with Crippen LogP contribution in [0.2, 0.25) is 0 Å². The summed E-state index contributed by atoms with van der Waals surface area (Å²) in [5.74, 6) is 9.65. The quantitative estimate of drug-likeness (QED) is 0.277. The molecular weight excluding hydrogens is 422 g/mol. The molecule has 13 heteroatoms. The van der Waals surface area contributed by atoms with Gasteiger partial charge < -0.3 is 0 Å². The van der Waals surface area contributed by atoms with E-state index in [0.29, 0.717) is 9.98 Å². The van der Waals surface area contributed by atoms with Crippen molar-refractivity contribution in [2.75, 3.05) is 10.7 Å². The van der Waals surface area contributed by atoms with Crippen LogP contribution in [-0.2, 0) is 29.6 Å². The Bertz CT molecular complexity index is 1140. The molecule has 4 N–H and O–H groups in total. The van der Waals surface area contributed by atoms with Crippen molar-refractivity contribution in [1.82, 2.24) is 0 Å². The van der Waals surface area contributed by atoms with Gasteiger partial charge in [-0.2, -0.15) is 8.42 Å². The third-order valence-corrected chi connectivity index (χ3v) is 6.29. The van der Waals surface area contributed by atoms with Crippen LogP contribution < -0.4 is 16.2 Å². The highest BCUT2D eigenvalue weighted by Crippen LogP contribution is 2.22. The summed E-state index contributed by atoms with van der Waals surface area (Å²) in [6.45, 7) is 0. The van der Waals surface area contributed by atoms with E-state index in [9.17, 15) is 21.6 Å². The Balaban J connectivity index is 2.20. The molecule has 11 nitrogen and oxygen atoms in total. The first-order valence-corrected chi connectivity index (χ1v) is 11.1. The van der Waals surface area contributed by atoms with Gasteiger partial charge >= 0.3 is 0 Å². The number of benzene rings is 2. The lowest BCUT2D eigenvalue weighted by atomic mass is 10.2. The van der Waals surface area contributed by atoms with Crippen LogP contribution in [0.3, 0.4) is 0 Å². The van der Waals surface area contributed by atoms with E-state index in [0.717, 1.165) is 24.5 Å². The van der Waals surface area contributed by atoms with Crippen LogP contribution in [0.25, 0.3) is 6.08 Å². The van der Waals surface area contributed by atoms with Crippen LogP contribution in [0.1, 0.15) is 5.56 Å². The highest BCUT2D eigenvalue weighted by Gasteiger charge is 2.22. The second kappa shape index (κ2) is 8.91. The number of sulfone groups is 1. The normalized spacial score (nSPS) is 12.4. The second-order valence-corrected chi connectivity index (χ2v) is 9.43. The molecule has 0 aliphatic heterocycles. The van der Waals surface area contributed by atoms with Gasteiger partial charge in [0.05, 0.1) is 20.8 Å². The molecule has 0 aliphatic carbocycles. The van der Waals surface area contributed by atoms with Crippen LogP contribution >= 0.6 is 0 Å². The second-order valence-electron chi connectivity index (χ2n) is 5.59. The standard InChI is InChI=1S/C16H17N5O6S2/c1-28(23,24)14-7-9-15(10-8-14)29(25,26)21(17)13-5-2-12(3-6-13)4-11-16(22)19-20-27-18/h2-11H,17-18H2,1H3/b11-4+,20-19?. The van der Waals surface area contributed by atoms with Gasteiger partial charge in [-0.25, -0.2) is 18.7 Å². The summed E-state index contributed by atoms with van der Waals surface area (Å²) in [7, 11) is -7.57. The van der Waals surface area contributed by atoms with Crippen LogP contribution in [-0.4, -0.2) is 29.0 Å². The Morgan fingerprint density at radius 3 is 2.07 bits per heavy atom. The molecule has 1 amide bonds. The summed E-state index contributed by atoms with van der Waals surface area (Å²) >= 11 is 0. The number of nitrogens with zero attached hydrogens (tertiary/aromatic N) is 3. The lowest BCUT2D eigenvalue weighted by Crippen LogP contribution is -2.37. The molecule has 29 heavy (non-hydrogen) atoms. The first kappa shape index (κ1) is 22.2. The first-order chi connectivity index (χ1) is 13.6. The van der Waals surface area contributed by atoms with Crippen LogP contribution in [0.4, 0.5) is 5.69 Å². The Kier molecular flexibility index (Phi) is 6.81. The lowest BCUT2D eigenvalue weighted by molar-refractivity contribution is -0.114. The van der Waals surface area contributed by atoms with Crippen molar-refractivity contribution in [3.05, 3.63) is 60.2 Å². The maximum absolute atomic E-state index is 12.6. The van der Waals surface area contributed by atoms with Gasteiger partial charge in [0.2, 0.25) is 0 Å². The van der Waals surface area contributed by atoms with Crippen molar-refractivity contribution in [3.8, 4) is 0 Å². The molecule has 0 spiro atoms. The minimum atomic E-state index is -4.11. The van der Waals surface area contributed by atoms with Crippen LogP contribution in [0, 0.1) is 0 Å². The minimum absolute atomic E-state index is 0.0109. The number of carbonyl (C=O) groups is 1. The van der Waals surface area contributed by atoms with Gasteiger partial charge in [-0.1, -0.05) is 17.2 Å². The number of rotatable bonds is 7. The third-order valence-electron chi connectivity index (χ3n) is 3.56. The van der Waals surface area contributed by atoms with Crippen molar-refractivity contribution in [2.45, 2.75) is 9.79 Å². The number of carbonyl (C=O) groups excluding carboxylic acids is 1. The Hall–Kier alpha value is -3.13. The number of sulfonamides is 1. The summed E-state index contributed by atoms with van der Waals surface area (Å²) in [6.07, 6.45) is 3.54. The number of anilines is 1. The first-order valence-electron chi connectivity index (χ1n) is 7.75. The molecule has 2 aromatic carbocycles. The smallest absolute Gasteiger partial charge is 0.282 e. The summed E-state index contributed by atoms with van der Waals surface area (Å²) in [6, 6.07) is 10.6. The van der Waals surface area contributed by atoms with Gasteiger partial charge in [-0.05, 0) is 48.0 Å². The molecule has 0 unspecified atom stereocenters. The molecule has 2 aromatic rings. The fourth-order valence-corrected chi connectivity index (χ4v) is 3.85. The molecule has 154 valence electrons. The van der Waals surface area contributed by atoms with Crippen molar-refractivity contribution in [3.63, 3.8) is 0 Å². The molecule has 0 aliphatic rings. The monoisotopic (exact) mass is 439 g/mol. The van der Waals surface area contributed by atoms with E-state index >= 15 is 0 Å². The number of hydrazine groups is 1. The van der Waals surface area contributed by atoms with Gasteiger partial charge in [0.1, 0.15) is 0 Å². The fourth-order valence-electron chi connectivity index (χ4n) is 2.11. The molecular formula is C16H17N5O6S2. The predicted octanol–water partition coefficient (Wildman–Crippen LogP) is 0.956. The van der Waals surface area contributed by atoms with Crippen molar-refractivity contribution in [1.29, 1.82) is 0 Å². The summed E-state index contributed by atoms with van der Waals surface area (Å²) in [5.41, 5.74) is 0.714. The third kappa shape index (κ3) is 5.68. The molecule has 0 radical (unpaired) electrons. The maximum atomic E-state index is 12.6. The molecule has 0 heterocycles. The lowest BCUT2D eigenvalue weighted by Gasteiger charge is -2.19. The molecule has 0 saturated heterocycles. The number of amides is 1. The molecule has 0 fully saturated rings. The van der Waals surface area contributed by atoms with Gasteiger partial charge in [-0.3, -0.25) is 9.73 Å². The van der Waals surface area contributed by atoms with Crippen molar-refractivity contribution in [2.24, 2.45) is 22.1 Å². The van der Waals surface area contributed by atoms with Crippen molar-refractivity contribution >= 4 is 37.5 Å². The summed E-state index contributed by atoms with van der Waals surface area (Å²) < 4.78 is 48.8. The topological polar surface area (TPSA) is 175 Å². The van der Waals surface area contributed by atoms with Crippen LogP contribution in [0.5, 0.6) is 0 Å². The Morgan fingerprint density at radius 1 is 1.00 bits per heavy atom. The molecule has 0 atom stereocenters. The summed E-state index contributed by atoms with van der Waals surface area (Å²) in [5, 5.41) is 5.97. The highest BCUT2D eigenvalue weighted by molar-refractivity contribution is 7.92. The van der Waals surface area contributed by atoms with E-state index < -0.39 is 25.8 Å². The van der Waals surface area contributed by atoms with Gasteiger partial charge in [-0.15, -0.1) is 5.90 Å². The van der Waals surface area contributed by atoms with Crippen molar-refractivity contribution < 1.29 is 26.6 Å². The predicted molar refractivity (Wildman–Crippen MR) is 104 cm³/mol. The highest BCUT2D eigenvalue weighted by atomic mass is 32.2. The number of hydrogen-bond acceptors (Lipinski definition) is 9. The van der Waals surface area contributed by atoms with E-state index in [1.54, 1.807) is 0 Å². The van der Waals surface area contributed by atoms with Gasteiger partial charge in [0.15, 0.2) is 9.84 Å². The van der Waals surface area contributed by atoms with Gasteiger partial charge in [0, 0.05) is 12.3 Å². The number of hydrogen-bond donors (Lipinski definition) is 2. The largest absolute Gasteiger partial charge is 0.291 e. The zero-order valence-corrected chi connectivity index (χ0v) is 16.7. The average Bonchev–Trinajstić information content (AvgIpc) is 2.70. The van der Waals surface area contributed by atoms with E-state index in [2.05, 4.69) is 21.2 Å². The Labute approximate surface area is 167 Å². The molecule has 0 aromatic heterocycles. The van der Waals surface area contributed by atoms with E-state index in [1.807, 2.05) is 0 Å².